The van der Waals surface area contributed by atoms with Gasteiger partial charge in [-0.25, -0.2) is 4.79 Å². The Kier molecular flexibility index (Phi) is 5.20. The first-order chi connectivity index (χ1) is 8.42. The number of ether oxygens (including phenoxy) is 1. The summed E-state index contributed by atoms with van der Waals surface area (Å²) in [5.74, 6) is -0.251. The van der Waals surface area contributed by atoms with Crippen molar-refractivity contribution in [2.24, 2.45) is 5.41 Å². The standard InChI is InChI=1S/C15H23NO2/c1-5-10-18-14(17)12-6-8-13(9-7-12)16-11-15(2,3)4/h6-9,16H,5,10-11H2,1-4H3. The lowest BCUT2D eigenvalue weighted by atomic mass is 9.97. The van der Waals surface area contributed by atoms with Crippen molar-refractivity contribution in [1.29, 1.82) is 0 Å². The van der Waals surface area contributed by atoms with Gasteiger partial charge in [0.25, 0.3) is 0 Å². The highest BCUT2D eigenvalue weighted by molar-refractivity contribution is 5.89. The van der Waals surface area contributed by atoms with E-state index < -0.39 is 0 Å². The minimum absolute atomic E-state index is 0.235. The molecule has 1 aromatic rings. The second-order valence-corrected chi connectivity index (χ2v) is 5.63. The number of anilines is 1. The predicted octanol–water partition coefficient (Wildman–Crippen LogP) is 3.71. The largest absolute Gasteiger partial charge is 0.462 e. The third-order valence-corrected chi connectivity index (χ3v) is 2.38. The van der Waals surface area contributed by atoms with E-state index in [0.29, 0.717) is 12.2 Å². The molecule has 100 valence electrons. The monoisotopic (exact) mass is 249 g/mol. The zero-order valence-corrected chi connectivity index (χ0v) is 11.7. The number of hydrogen-bond donors (Lipinski definition) is 1. The van der Waals surface area contributed by atoms with Gasteiger partial charge in [0, 0.05) is 12.2 Å². The van der Waals surface area contributed by atoms with E-state index in [1.54, 1.807) is 12.1 Å². The maximum atomic E-state index is 11.6. The molecule has 3 nitrogen and oxygen atoms in total. The van der Waals surface area contributed by atoms with Gasteiger partial charge in [-0.05, 0) is 36.1 Å². The van der Waals surface area contributed by atoms with Crippen LogP contribution in [0.4, 0.5) is 5.69 Å². The van der Waals surface area contributed by atoms with E-state index in [4.69, 9.17) is 4.74 Å². The Balaban J connectivity index is 2.54. The minimum Gasteiger partial charge on any atom is -0.462 e. The van der Waals surface area contributed by atoms with Crippen molar-refractivity contribution in [1.82, 2.24) is 0 Å². The van der Waals surface area contributed by atoms with Gasteiger partial charge in [-0.15, -0.1) is 0 Å². The van der Waals surface area contributed by atoms with Crippen molar-refractivity contribution < 1.29 is 9.53 Å². The molecule has 0 aliphatic heterocycles. The highest BCUT2D eigenvalue weighted by atomic mass is 16.5. The van der Waals surface area contributed by atoms with E-state index in [2.05, 4.69) is 26.1 Å². The molecule has 0 fully saturated rings. The first-order valence-electron chi connectivity index (χ1n) is 6.43. The third kappa shape index (κ3) is 5.21. The normalized spacial score (nSPS) is 11.1. The molecule has 1 rings (SSSR count). The molecule has 0 bridgehead atoms. The summed E-state index contributed by atoms with van der Waals surface area (Å²) < 4.78 is 5.07. The number of esters is 1. The number of carbonyl (C=O) groups excluding carboxylic acids is 1. The van der Waals surface area contributed by atoms with Gasteiger partial charge in [-0.2, -0.15) is 0 Å². The molecule has 0 saturated carbocycles. The highest BCUT2D eigenvalue weighted by Crippen LogP contribution is 2.16. The summed E-state index contributed by atoms with van der Waals surface area (Å²) in [5.41, 5.74) is 1.86. The molecule has 0 radical (unpaired) electrons. The molecule has 0 saturated heterocycles. The van der Waals surface area contributed by atoms with Crippen LogP contribution in [0.15, 0.2) is 24.3 Å². The SMILES string of the molecule is CCCOC(=O)c1ccc(NCC(C)(C)C)cc1. The fourth-order valence-electron chi connectivity index (χ4n) is 1.37. The Morgan fingerprint density at radius 3 is 2.33 bits per heavy atom. The molecular formula is C15H23NO2. The first-order valence-corrected chi connectivity index (χ1v) is 6.43. The van der Waals surface area contributed by atoms with Crippen LogP contribution in [0, 0.1) is 5.41 Å². The Bertz CT molecular complexity index is 376. The first kappa shape index (κ1) is 14.6. The topological polar surface area (TPSA) is 38.3 Å². The molecule has 0 spiro atoms. The van der Waals surface area contributed by atoms with Gasteiger partial charge in [0.05, 0.1) is 12.2 Å². The Morgan fingerprint density at radius 2 is 1.83 bits per heavy atom. The summed E-state index contributed by atoms with van der Waals surface area (Å²) in [6.45, 7) is 9.88. The molecule has 0 atom stereocenters. The van der Waals surface area contributed by atoms with E-state index in [1.165, 1.54) is 0 Å². The van der Waals surface area contributed by atoms with E-state index in [1.807, 2.05) is 19.1 Å². The number of carbonyl (C=O) groups is 1. The van der Waals surface area contributed by atoms with Crippen LogP contribution in [-0.2, 0) is 4.74 Å². The van der Waals surface area contributed by atoms with Crippen LogP contribution in [0.5, 0.6) is 0 Å². The maximum absolute atomic E-state index is 11.6. The summed E-state index contributed by atoms with van der Waals surface area (Å²) in [6, 6.07) is 7.41. The smallest absolute Gasteiger partial charge is 0.338 e. The molecule has 0 aromatic heterocycles. The molecule has 0 aliphatic rings. The van der Waals surface area contributed by atoms with Crippen molar-refractivity contribution in [2.75, 3.05) is 18.5 Å². The molecule has 0 unspecified atom stereocenters. The fourth-order valence-corrected chi connectivity index (χ4v) is 1.37. The fraction of sp³-hybridized carbons (Fsp3) is 0.533. The van der Waals surface area contributed by atoms with Gasteiger partial charge in [0.15, 0.2) is 0 Å². The molecule has 0 aliphatic carbocycles. The summed E-state index contributed by atoms with van der Waals surface area (Å²) in [6.07, 6.45) is 0.844. The lowest BCUT2D eigenvalue weighted by molar-refractivity contribution is 0.0505. The second-order valence-electron chi connectivity index (χ2n) is 5.63. The van der Waals surface area contributed by atoms with E-state index in [0.717, 1.165) is 18.7 Å². The van der Waals surface area contributed by atoms with Crippen molar-refractivity contribution in [3.63, 3.8) is 0 Å². The Hall–Kier alpha value is -1.51. The van der Waals surface area contributed by atoms with Crippen LogP contribution in [0.3, 0.4) is 0 Å². The Morgan fingerprint density at radius 1 is 1.22 bits per heavy atom. The van der Waals surface area contributed by atoms with Gasteiger partial charge < -0.3 is 10.1 Å². The number of hydrogen-bond acceptors (Lipinski definition) is 3. The van der Waals surface area contributed by atoms with Gasteiger partial charge in [-0.1, -0.05) is 27.7 Å². The number of benzene rings is 1. The van der Waals surface area contributed by atoms with Crippen LogP contribution < -0.4 is 5.32 Å². The van der Waals surface area contributed by atoms with Crippen molar-refractivity contribution in [2.45, 2.75) is 34.1 Å². The summed E-state index contributed by atoms with van der Waals surface area (Å²) in [5, 5.41) is 3.34. The molecule has 0 heterocycles. The summed E-state index contributed by atoms with van der Waals surface area (Å²) in [4.78, 5) is 11.6. The van der Waals surface area contributed by atoms with E-state index in [-0.39, 0.29) is 11.4 Å². The predicted molar refractivity (Wildman–Crippen MR) is 75.0 cm³/mol. The average molecular weight is 249 g/mol. The van der Waals surface area contributed by atoms with Crippen molar-refractivity contribution in [3.8, 4) is 0 Å². The van der Waals surface area contributed by atoms with Gasteiger partial charge >= 0.3 is 5.97 Å². The second kappa shape index (κ2) is 6.43. The average Bonchev–Trinajstić information content (AvgIpc) is 2.33. The summed E-state index contributed by atoms with van der Waals surface area (Å²) in [7, 11) is 0. The lowest BCUT2D eigenvalue weighted by Gasteiger charge is -2.19. The Labute approximate surface area is 110 Å². The molecule has 1 aromatic carbocycles. The highest BCUT2D eigenvalue weighted by Gasteiger charge is 2.10. The molecule has 1 N–H and O–H groups in total. The quantitative estimate of drug-likeness (QED) is 0.808. The van der Waals surface area contributed by atoms with Crippen molar-refractivity contribution >= 4 is 11.7 Å². The van der Waals surface area contributed by atoms with Crippen LogP contribution in [0.2, 0.25) is 0 Å². The molecule has 18 heavy (non-hydrogen) atoms. The van der Waals surface area contributed by atoms with Crippen molar-refractivity contribution in [3.05, 3.63) is 29.8 Å². The lowest BCUT2D eigenvalue weighted by Crippen LogP contribution is -2.19. The number of nitrogens with one attached hydrogen (secondary N) is 1. The van der Waals surface area contributed by atoms with Crippen LogP contribution in [0.25, 0.3) is 0 Å². The van der Waals surface area contributed by atoms with Gasteiger partial charge in [0.2, 0.25) is 0 Å². The zero-order valence-electron chi connectivity index (χ0n) is 11.7. The summed E-state index contributed by atoms with van der Waals surface area (Å²) >= 11 is 0. The number of rotatable bonds is 5. The molecule has 0 amide bonds. The van der Waals surface area contributed by atoms with E-state index >= 15 is 0 Å². The molecule has 3 heteroatoms. The van der Waals surface area contributed by atoms with Crippen LogP contribution >= 0.6 is 0 Å². The third-order valence-electron chi connectivity index (χ3n) is 2.38. The zero-order chi connectivity index (χ0) is 13.6. The van der Waals surface area contributed by atoms with Gasteiger partial charge in [-0.3, -0.25) is 0 Å². The van der Waals surface area contributed by atoms with Crippen LogP contribution in [0.1, 0.15) is 44.5 Å². The van der Waals surface area contributed by atoms with Crippen LogP contribution in [-0.4, -0.2) is 19.1 Å². The maximum Gasteiger partial charge on any atom is 0.338 e. The van der Waals surface area contributed by atoms with E-state index in [9.17, 15) is 4.79 Å². The minimum atomic E-state index is -0.251. The molecular weight excluding hydrogens is 226 g/mol. The van der Waals surface area contributed by atoms with Gasteiger partial charge in [0.1, 0.15) is 0 Å².